The third-order valence-electron chi connectivity index (χ3n) is 3.10. The van der Waals surface area contributed by atoms with Gasteiger partial charge in [0.15, 0.2) is 0 Å². The number of rotatable bonds is 5. The lowest BCUT2D eigenvalue weighted by Gasteiger charge is -2.13. The van der Waals surface area contributed by atoms with Gasteiger partial charge in [-0.15, -0.1) is 0 Å². The first-order valence-corrected chi connectivity index (χ1v) is 6.46. The molecule has 7 heteroatoms. The zero-order valence-electron chi connectivity index (χ0n) is 11.8. The molecule has 0 saturated heterocycles. The first-order chi connectivity index (χ1) is 10.0. The summed E-state index contributed by atoms with van der Waals surface area (Å²) in [6, 6.07) is 6.45. The second-order valence-electron chi connectivity index (χ2n) is 4.84. The fraction of sp³-hybridized carbons (Fsp3) is 0.286. The van der Waals surface area contributed by atoms with Gasteiger partial charge in [0.05, 0.1) is 34.7 Å². The lowest BCUT2D eigenvalue weighted by Crippen LogP contribution is -2.09. The van der Waals surface area contributed by atoms with Crippen molar-refractivity contribution in [3.05, 3.63) is 52.1 Å². The molecular formula is C14H15N5O2. The van der Waals surface area contributed by atoms with E-state index in [4.69, 9.17) is 5.26 Å². The Balaban J connectivity index is 2.19. The van der Waals surface area contributed by atoms with Gasteiger partial charge in [0.1, 0.15) is 6.07 Å². The zero-order chi connectivity index (χ0) is 15.4. The van der Waals surface area contributed by atoms with E-state index in [0.717, 1.165) is 5.69 Å². The van der Waals surface area contributed by atoms with Crippen LogP contribution >= 0.6 is 0 Å². The summed E-state index contributed by atoms with van der Waals surface area (Å²) in [5.41, 5.74) is 1.70. The van der Waals surface area contributed by atoms with Crippen molar-refractivity contribution < 1.29 is 4.92 Å². The molecule has 0 bridgehead atoms. The Kier molecular flexibility index (Phi) is 4.18. The number of imidazole rings is 1. The van der Waals surface area contributed by atoms with Crippen molar-refractivity contribution in [3.8, 4) is 6.07 Å². The summed E-state index contributed by atoms with van der Waals surface area (Å²) in [5.74, 6) is 0. The molecule has 0 fully saturated rings. The Morgan fingerprint density at radius 1 is 1.52 bits per heavy atom. The second kappa shape index (κ2) is 6.05. The summed E-state index contributed by atoms with van der Waals surface area (Å²) in [5, 5.41) is 22.9. The van der Waals surface area contributed by atoms with E-state index in [2.05, 4.69) is 24.1 Å². The highest BCUT2D eigenvalue weighted by Gasteiger charge is 2.11. The van der Waals surface area contributed by atoms with E-state index in [1.807, 2.05) is 10.6 Å². The van der Waals surface area contributed by atoms with Crippen molar-refractivity contribution in [2.75, 3.05) is 5.32 Å². The van der Waals surface area contributed by atoms with Gasteiger partial charge in [-0.25, -0.2) is 4.98 Å². The minimum absolute atomic E-state index is 0.0932. The van der Waals surface area contributed by atoms with Crippen LogP contribution < -0.4 is 5.32 Å². The summed E-state index contributed by atoms with van der Waals surface area (Å²) < 4.78 is 2.02. The Hall–Kier alpha value is -2.88. The maximum Gasteiger partial charge on any atom is 0.270 e. The van der Waals surface area contributed by atoms with Gasteiger partial charge in [-0.3, -0.25) is 10.1 Å². The van der Waals surface area contributed by atoms with Crippen molar-refractivity contribution in [3.63, 3.8) is 0 Å². The predicted octanol–water partition coefficient (Wildman–Crippen LogP) is 2.86. The lowest BCUT2D eigenvalue weighted by atomic mass is 10.1. The Morgan fingerprint density at radius 3 is 2.90 bits per heavy atom. The molecule has 0 aliphatic rings. The van der Waals surface area contributed by atoms with Crippen LogP contribution in [0.3, 0.4) is 0 Å². The van der Waals surface area contributed by atoms with Gasteiger partial charge in [0, 0.05) is 24.4 Å². The summed E-state index contributed by atoms with van der Waals surface area (Å²) in [7, 11) is 0. The topological polar surface area (TPSA) is 96.8 Å². The average Bonchev–Trinajstić information content (AvgIpc) is 2.93. The average molecular weight is 285 g/mol. The van der Waals surface area contributed by atoms with E-state index in [-0.39, 0.29) is 17.3 Å². The number of aromatic nitrogens is 2. The number of hydrogen-bond acceptors (Lipinski definition) is 5. The van der Waals surface area contributed by atoms with Gasteiger partial charge in [-0.2, -0.15) is 5.26 Å². The molecule has 0 spiro atoms. The van der Waals surface area contributed by atoms with Crippen LogP contribution in [-0.2, 0) is 6.54 Å². The van der Waals surface area contributed by atoms with E-state index in [9.17, 15) is 10.1 Å². The molecule has 0 aliphatic carbocycles. The van der Waals surface area contributed by atoms with E-state index in [1.54, 1.807) is 18.6 Å². The van der Waals surface area contributed by atoms with Gasteiger partial charge in [-0.1, -0.05) is 0 Å². The number of nitrogens with zero attached hydrogens (tertiary/aromatic N) is 4. The molecule has 2 rings (SSSR count). The first kappa shape index (κ1) is 14.5. The Morgan fingerprint density at radius 2 is 2.29 bits per heavy atom. The molecule has 0 atom stereocenters. The molecule has 0 aliphatic heterocycles. The van der Waals surface area contributed by atoms with Crippen molar-refractivity contribution in [1.29, 1.82) is 5.26 Å². The molecule has 1 N–H and O–H groups in total. The number of hydrogen-bond donors (Lipinski definition) is 1. The normalized spacial score (nSPS) is 10.4. The molecular weight excluding hydrogens is 270 g/mol. The zero-order valence-corrected chi connectivity index (χ0v) is 11.8. The quantitative estimate of drug-likeness (QED) is 0.673. The third-order valence-corrected chi connectivity index (χ3v) is 3.10. The van der Waals surface area contributed by atoms with E-state index in [1.165, 1.54) is 12.1 Å². The first-order valence-electron chi connectivity index (χ1n) is 6.46. The van der Waals surface area contributed by atoms with Crippen molar-refractivity contribution >= 4 is 11.4 Å². The molecule has 1 heterocycles. The van der Waals surface area contributed by atoms with Crippen LogP contribution in [0.4, 0.5) is 11.4 Å². The molecule has 0 unspecified atom stereocenters. The lowest BCUT2D eigenvalue weighted by molar-refractivity contribution is -0.384. The summed E-state index contributed by atoms with van der Waals surface area (Å²) >= 11 is 0. The minimum atomic E-state index is -0.515. The molecule has 7 nitrogen and oxygen atoms in total. The Labute approximate surface area is 122 Å². The third kappa shape index (κ3) is 3.17. The molecule has 2 aromatic rings. The monoisotopic (exact) mass is 285 g/mol. The standard InChI is InChI=1S/C14H15N5O2/c1-10(2)18-9-16-7-13(18)8-17-14-4-3-12(19(20)21)5-11(14)6-15/h3-5,7,9-10,17H,8H2,1-2H3. The van der Waals surface area contributed by atoms with Gasteiger partial charge >= 0.3 is 0 Å². The van der Waals surface area contributed by atoms with E-state index < -0.39 is 4.92 Å². The summed E-state index contributed by atoms with van der Waals surface area (Å²) in [4.78, 5) is 14.3. The van der Waals surface area contributed by atoms with Crippen LogP contribution in [-0.4, -0.2) is 14.5 Å². The molecule has 0 radical (unpaired) electrons. The van der Waals surface area contributed by atoms with Crippen LogP contribution in [0, 0.1) is 21.4 Å². The number of non-ortho nitro benzene ring substituents is 1. The van der Waals surface area contributed by atoms with Crippen molar-refractivity contribution in [2.24, 2.45) is 0 Å². The van der Waals surface area contributed by atoms with Crippen molar-refractivity contribution in [1.82, 2.24) is 9.55 Å². The fourth-order valence-corrected chi connectivity index (χ4v) is 2.01. The Bertz CT molecular complexity index is 700. The molecule has 1 aromatic carbocycles. The number of nitro benzene ring substituents is 1. The molecule has 108 valence electrons. The fourth-order valence-electron chi connectivity index (χ4n) is 2.01. The summed E-state index contributed by atoms with van der Waals surface area (Å²) in [6.07, 6.45) is 3.51. The molecule has 0 amide bonds. The van der Waals surface area contributed by atoms with E-state index >= 15 is 0 Å². The molecule has 1 aromatic heterocycles. The SMILES string of the molecule is CC(C)n1cncc1CNc1ccc([N+](=O)[O-])cc1C#N. The predicted molar refractivity (Wildman–Crippen MR) is 77.8 cm³/mol. The van der Waals surface area contributed by atoms with Crippen LogP contribution in [0.15, 0.2) is 30.7 Å². The van der Waals surface area contributed by atoms with Gasteiger partial charge in [-0.05, 0) is 19.9 Å². The van der Waals surface area contributed by atoms with Gasteiger partial charge < -0.3 is 9.88 Å². The highest BCUT2D eigenvalue weighted by molar-refractivity contribution is 5.61. The van der Waals surface area contributed by atoms with Gasteiger partial charge in [0.2, 0.25) is 0 Å². The van der Waals surface area contributed by atoms with Gasteiger partial charge in [0.25, 0.3) is 5.69 Å². The number of benzene rings is 1. The number of nitrogens with one attached hydrogen (secondary N) is 1. The molecule has 21 heavy (non-hydrogen) atoms. The van der Waals surface area contributed by atoms with Crippen LogP contribution in [0.1, 0.15) is 31.1 Å². The van der Waals surface area contributed by atoms with Crippen LogP contribution in [0.2, 0.25) is 0 Å². The van der Waals surface area contributed by atoms with Crippen molar-refractivity contribution in [2.45, 2.75) is 26.4 Å². The summed E-state index contributed by atoms with van der Waals surface area (Å²) in [6.45, 7) is 4.60. The highest BCUT2D eigenvalue weighted by atomic mass is 16.6. The molecule has 0 saturated carbocycles. The second-order valence-corrected chi connectivity index (χ2v) is 4.84. The smallest absolute Gasteiger partial charge is 0.270 e. The maximum absolute atomic E-state index is 10.7. The minimum Gasteiger partial charge on any atom is -0.378 e. The number of anilines is 1. The van der Waals surface area contributed by atoms with Crippen LogP contribution in [0.25, 0.3) is 0 Å². The largest absolute Gasteiger partial charge is 0.378 e. The maximum atomic E-state index is 10.7. The number of nitro groups is 1. The number of nitriles is 1. The van der Waals surface area contributed by atoms with Crippen LogP contribution in [0.5, 0.6) is 0 Å². The van der Waals surface area contributed by atoms with E-state index in [0.29, 0.717) is 12.2 Å². The highest BCUT2D eigenvalue weighted by Crippen LogP contribution is 2.22.